The standard InChI is InChI=1S/C25H26F2N2O2/c26-22(16-29)3-1-2-17-4-12-23(13-5-17)31-25(30)19-8-6-18(7-9-19)20-10-11-21(15-28)24(27)14-20/h1-3,10-11,14,17-19,23H,4-9,12-13H2/t17-,18-,19-,23-. The summed E-state index contributed by atoms with van der Waals surface area (Å²) in [5.41, 5.74) is 0.941. The van der Waals surface area contributed by atoms with Crippen LogP contribution >= 0.6 is 0 Å². The number of halogens is 2. The van der Waals surface area contributed by atoms with E-state index in [9.17, 15) is 13.6 Å². The summed E-state index contributed by atoms with van der Waals surface area (Å²) in [5, 5.41) is 17.3. The Hall–Kier alpha value is -2.99. The van der Waals surface area contributed by atoms with Gasteiger partial charge in [-0.2, -0.15) is 14.9 Å². The zero-order valence-electron chi connectivity index (χ0n) is 17.4. The Morgan fingerprint density at radius 1 is 1.06 bits per heavy atom. The maximum absolute atomic E-state index is 13.9. The van der Waals surface area contributed by atoms with E-state index in [4.69, 9.17) is 15.3 Å². The van der Waals surface area contributed by atoms with E-state index >= 15 is 0 Å². The maximum atomic E-state index is 13.9. The van der Waals surface area contributed by atoms with Crippen molar-refractivity contribution in [1.29, 1.82) is 10.5 Å². The Bertz CT molecular complexity index is 926. The summed E-state index contributed by atoms with van der Waals surface area (Å²) in [4.78, 5) is 12.6. The molecular weight excluding hydrogens is 398 g/mol. The Balaban J connectivity index is 1.42. The summed E-state index contributed by atoms with van der Waals surface area (Å²) in [5.74, 6) is -1.04. The van der Waals surface area contributed by atoms with Crippen LogP contribution in [0.25, 0.3) is 0 Å². The molecule has 3 rings (SSSR count). The van der Waals surface area contributed by atoms with Crippen LogP contribution in [-0.2, 0) is 9.53 Å². The summed E-state index contributed by atoms with van der Waals surface area (Å²) in [6.07, 6.45) is 10.9. The number of hydrogen-bond donors (Lipinski definition) is 0. The van der Waals surface area contributed by atoms with Crippen LogP contribution in [0.3, 0.4) is 0 Å². The second-order valence-corrected chi connectivity index (χ2v) is 8.38. The summed E-state index contributed by atoms with van der Waals surface area (Å²) in [6, 6.07) is 8.05. The lowest BCUT2D eigenvalue weighted by Gasteiger charge is -2.31. The molecule has 0 atom stereocenters. The highest BCUT2D eigenvalue weighted by atomic mass is 19.1. The number of nitriles is 2. The van der Waals surface area contributed by atoms with Gasteiger partial charge in [0, 0.05) is 0 Å². The molecule has 2 fully saturated rings. The number of rotatable bonds is 5. The monoisotopic (exact) mass is 424 g/mol. The van der Waals surface area contributed by atoms with Gasteiger partial charge >= 0.3 is 5.97 Å². The van der Waals surface area contributed by atoms with Crippen molar-refractivity contribution in [3.05, 3.63) is 59.2 Å². The number of carbonyl (C=O) groups excluding carboxylic acids is 1. The molecule has 0 saturated heterocycles. The van der Waals surface area contributed by atoms with Gasteiger partial charge in [-0.15, -0.1) is 0 Å². The van der Waals surface area contributed by atoms with Crippen LogP contribution < -0.4 is 0 Å². The molecule has 0 aliphatic heterocycles. The van der Waals surface area contributed by atoms with Gasteiger partial charge in [0.15, 0.2) is 5.83 Å². The van der Waals surface area contributed by atoms with E-state index in [0.717, 1.165) is 63.0 Å². The van der Waals surface area contributed by atoms with Gasteiger partial charge in [0.05, 0.1) is 11.5 Å². The number of hydrogen-bond acceptors (Lipinski definition) is 4. The highest BCUT2D eigenvalue weighted by molar-refractivity contribution is 5.72. The minimum Gasteiger partial charge on any atom is -0.462 e. The first-order valence-corrected chi connectivity index (χ1v) is 10.8. The molecule has 31 heavy (non-hydrogen) atoms. The Kier molecular flexibility index (Phi) is 7.95. The predicted octanol–water partition coefficient (Wildman–Crippen LogP) is 6.01. The van der Waals surface area contributed by atoms with Crippen LogP contribution in [0.2, 0.25) is 0 Å². The van der Waals surface area contributed by atoms with E-state index in [1.807, 2.05) is 18.2 Å². The fraction of sp³-hybridized carbons (Fsp3) is 0.480. The second-order valence-electron chi connectivity index (χ2n) is 8.38. The first-order chi connectivity index (χ1) is 15.0. The first kappa shape index (κ1) is 22.7. The van der Waals surface area contributed by atoms with E-state index in [0.29, 0.717) is 5.92 Å². The lowest BCUT2D eigenvalue weighted by Crippen LogP contribution is -2.29. The van der Waals surface area contributed by atoms with Crippen molar-refractivity contribution >= 4 is 5.97 Å². The predicted molar refractivity (Wildman–Crippen MR) is 112 cm³/mol. The van der Waals surface area contributed by atoms with Crippen molar-refractivity contribution < 1.29 is 18.3 Å². The fourth-order valence-electron chi connectivity index (χ4n) is 4.53. The molecule has 0 amide bonds. The molecule has 0 N–H and O–H groups in total. The highest BCUT2D eigenvalue weighted by Crippen LogP contribution is 2.37. The molecule has 4 nitrogen and oxygen atoms in total. The SMILES string of the molecule is N#CC(F)=CC=C[C@H]1CC[C@H](OC(=O)[C@H]2CC[C@H](c3ccc(C#N)c(F)c3)CC2)CC1. The second kappa shape index (κ2) is 10.9. The molecule has 0 spiro atoms. The van der Waals surface area contributed by atoms with Gasteiger partial charge in [0.2, 0.25) is 0 Å². The van der Waals surface area contributed by atoms with Crippen molar-refractivity contribution in [1.82, 2.24) is 0 Å². The van der Waals surface area contributed by atoms with Crippen LogP contribution in [0.15, 0.2) is 42.3 Å². The van der Waals surface area contributed by atoms with Crippen LogP contribution in [0.1, 0.15) is 68.4 Å². The molecule has 0 unspecified atom stereocenters. The average Bonchev–Trinajstić information content (AvgIpc) is 2.80. The minimum atomic E-state index is -0.807. The molecule has 0 aromatic heterocycles. The van der Waals surface area contributed by atoms with E-state index in [2.05, 4.69) is 0 Å². The number of carbonyl (C=O) groups is 1. The van der Waals surface area contributed by atoms with Gasteiger partial charge in [-0.25, -0.2) is 4.39 Å². The molecule has 6 heteroatoms. The van der Waals surface area contributed by atoms with Gasteiger partial charge in [0.1, 0.15) is 24.1 Å². The van der Waals surface area contributed by atoms with Crippen LogP contribution in [0, 0.1) is 40.3 Å². The van der Waals surface area contributed by atoms with Gasteiger partial charge in [-0.1, -0.05) is 18.2 Å². The van der Waals surface area contributed by atoms with Gasteiger partial charge < -0.3 is 4.74 Å². The van der Waals surface area contributed by atoms with Crippen LogP contribution in [0.4, 0.5) is 8.78 Å². The highest BCUT2D eigenvalue weighted by Gasteiger charge is 2.31. The number of benzene rings is 1. The lowest BCUT2D eigenvalue weighted by atomic mass is 9.78. The molecule has 0 bridgehead atoms. The third-order valence-electron chi connectivity index (χ3n) is 6.38. The Morgan fingerprint density at radius 2 is 1.77 bits per heavy atom. The van der Waals surface area contributed by atoms with E-state index in [-0.39, 0.29) is 29.5 Å². The summed E-state index contributed by atoms with van der Waals surface area (Å²) < 4.78 is 32.4. The van der Waals surface area contributed by atoms with E-state index < -0.39 is 11.6 Å². The third-order valence-corrected chi connectivity index (χ3v) is 6.38. The van der Waals surface area contributed by atoms with Crippen molar-refractivity contribution in [2.75, 3.05) is 0 Å². The summed E-state index contributed by atoms with van der Waals surface area (Å²) in [6.45, 7) is 0. The quantitative estimate of drug-likeness (QED) is 0.330. The van der Waals surface area contributed by atoms with Crippen molar-refractivity contribution in [2.24, 2.45) is 11.8 Å². The zero-order valence-corrected chi connectivity index (χ0v) is 17.4. The molecular formula is C25H26F2N2O2. The number of allylic oxidation sites excluding steroid dienone is 4. The summed E-state index contributed by atoms with van der Waals surface area (Å²) >= 11 is 0. The van der Waals surface area contributed by atoms with Gasteiger partial charge in [0.25, 0.3) is 0 Å². The molecule has 0 heterocycles. The molecule has 2 aliphatic rings. The number of nitrogens with zero attached hydrogens (tertiary/aromatic N) is 2. The molecule has 1 aromatic carbocycles. The minimum absolute atomic E-state index is 0.0528. The van der Waals surface area contributed by atoms with Crippen LogP contribution in [0.5, 0.6) is 0 Å². The maximum Gasteiger partial charge on any atom is 0.309 e. The third kappa shape index (κ3) is 6.25. The van der Waals surface area contributed by atoms with E-state index in [1.54, 1.807) is 6.08 Å². The molecule has 0 radical (unpaired) electrons. The topological polar surface area (TPSA) is 73.9 Å². The van der Waals surface area contributed by atoms with Crippen molar-refractivity contribution in [3.63, 3.8) is 0 Å². The Labute approximate surface area is 181 Å². The van der Waals surface area contributed by atoms with Gasteiger partial charge in [-0.05, 0) is 87.0 Å². The smallest absolute Gasteiger partial charge is 0.309 e. The molecule has 162 valence electrons. The largest absolute Gasteiger partial charge is 0.462 e. The zero-order chi connectivity index (χ0) is 22.2. The van der Waals surface area contributed by atoms with Gasteiger partial charge in [-0.3, -0.25) is 4.79 Å². The van der Waals surface area contributed by atoms with Crippen molar-refractivity contribution in [3.8, 4) is 12.1 Å². The molecule has 2 aliphatic carbocycles. The average molecular weight is 424 g/mol. The molecule has 2 saturated carbocycles. The Morgan fingerprint density at radius 3 is 2.39 bits per heavy atom. The first-order valence-electron chi connectivity index (χ1n) is 10.8. The normalized spacial score (nSPS) is 26.8. The number of esters is 1. The fourth-order valence-corrected chi connectivity index (χ4v) is 4.53. The van der Waals surface area contributed by atoms with E-state index in [1.165, 1.54) is 18.2 Å². The van der Waals surface area contributed by atoms with Crippen molar-refractivity contribution in [2.45, 2.75) is 63.4 Å². The summed E-state index contributed by atoms with van der Waals surface area (Å²) in [7, 11) is 0. The molecule has 1 aromatic rings. The lowest BCUT2D eigenvalue weighted by molar-refractivity contribution is -0.157. The number of ether oxygens (including phenoxy) is 1. The van der Waals surface area contributed by atoms with Crippen LogP contribution in [-0.4, -0.2) is 12.1 Å².